The Morgan fingerprint density at radius 3 is 2.43 bits per heavy atom. The van der Waals surface area contributed by atoms with E-state index in [-0.39, 0.29) is 12.1 Å². The molecule has 0 aliphatic rings. The topological polar surface area (TPSA) is 144 Å². The van der Waals surface area contributed by atoms with Crippen molar-refractivity contribution in [1.29, 1.82) is 0 Å². The van der Waals surface area contributed by atoms with Crippen LogP contribution in [-0.2, 0) is 16.0 Å². The van der Waals surface area contributed by atoms with Crippen molar-refractivity contribution in [3.8, 4) is 11.4 Å². The third-order valence-corrected chi connectivity index (χ3v) is 4.10. The minimum atomic E-state index is -1.12. The third kappa shape index (κ3) is 4.09. The van der Waals surface area contributed by atoms with E-state index in [9.17, 15) is 14.4 Å². The van der Waals surface area contributed by atoms with Gasteiger partial charge in [0.2, 0.25) is 5.78 Å². The number of nitrogens with one attached hydrogen (secondary N) is 2. The normalized spacial score (nSPS) is 11.6. The number of carbonyl (C=O) groups is 3. The Balaban J connectivity index is 1.89. The van der Waals surface area contributed by atoms with Crippen molar-refractivity contribution < 1.29 is 14.4 Å². The standard InChI is InChI=1S/C19H18N6O3/c1-11-14(18-21-8-5-9-22-18)15(25-24-11)19(28)23-13(16(26)17(20)27)10-12-6-3-2-4-7-12/h2-9,13H,10H2,1H3,(H2,20,27)(H,23,28)(H,24,25). The van der Waals surface area contributed by atoms with Crippen LogP contribution in [0.15, 0.2) is 48.8 Å². The van der Waals surface area contributed by atoms with Crippen LogP contribution in [0.2, 0.25) is 0 Å². The molecular formula is C19H18N6O3. The Morgan fingerprint density at radius 2 is 1.79 bits per heavy atom. The van der Waals surface area contributed by atoms with E-state index >= 15 is 0 Å². The molecule has 3 aromatic rings. The molecule has 0 saturated heterocycles. The highest BCUT2D eigenvalue weighted by Crippen LogP contribution is 2.22. The van der Waals surface area contributed by atoms with Gasteiger partial charge >= 0.3 is 0 Å². The monoisotopic (exact) mass is 378 g/mol. The predicted octanol–water partition coefficient (Wildman–Crippen LogP) is 0.571. The van der Waals surface area contributed by atoms with E-state index in [1.165, 1.54) is 0 Å². The first-order valence-electron chi connectivity index (χ1n) is 8.48. The number of hydrogen-bond acceptors (Lipinski definition) is 6. The zero-order valence-corrected chi connectivity index (χ0v) is 15.0. The van der Waals surface area contributed by atoms with Gasteiger partial charge < -0.3 is 11.1 Å². The molecule has 0 radical (unpaired) electrons. The largest absolute Gasteiger partial charge is 0.363 e. The molecule has 1 atom stereocenters. The van der Waals surface area contributed by atoms with E-state index < -0.39 is 23.6 Å². The van der Waals surface area contributed by atoms with Gasteiger partial charge in [-0.25, -0.2) is 9.97 Å². The summed E-state index contributed by atoms with van der Waals surface area (Å²) in [7, 11) is 0. The maximum atomic E-state index is 12.8. The number of hydrogen-bond donors (Lipinski definition) is 3. The van der Waals surface area contributed by atoms with E-state index in [2.05, 4.69) is 25.5 Å². The van der Waals surface area contributed by atoms with Crippen LogP contribution in [0.25, 0.3) is 11.4 Å². The first-order chi connectivity index (χ1) is 13.5. The first kappa shape index (κ1) is 18.9. The number of benzene rings is 1. The number of nitrogens with zero attached hydrogens (tertiary/aromatic N) is 3. The summed E-state index contributed by atoms with van der Waals surface area (Å²) in [6, 6.07) is 9.53. The van der Waals surface area contributed by atoms with Crippen LogP contribution in [-0.4, -0.2) is 43.8 Å². The minimum Gasteiger partial charge on any atom is -0.363 e. The van der Waals surface area contributed by atoms with Crippen LogP contribution in [0.5, 0.6) is 0 Å². The molecule has 1 aromatic carbocycles. The third-order valence-electron chi connectivity index (χ3n) is 4.10. The Bertz CT molecular complexity index is 1000. The quantitative estimate of drug-likeness (QED) is 0.513. The van der Waals surface area contributed by atoms with E-state index in [1.54, 1.807) is 49.6 Å². The first-order valence-corrected chi connectivity index (χ1v) is 8.48. The molecule has 28 heavy (non-hydrogen) atoms. The number of rotatable bonds is 7. The van der Waals surface area contributed by atoms with Crippen LogP contribution in [0.3, 0.4) is 0 Å². The summed E-state index contributed by atoms with van der Waals surface area (Å²) in [5, 5.41) is 9.30. The summed E-state index contributed by atoms with van der Waals surface area (Å²) in [5.41, 5.74) is 6.96. The lowest BCUT2D eigenvalue weighted by Crippen LogP contribution is -2.47. The number of nitrogens with two attached hydrogens (primary N) is 1. The summed E-state index contributed by atoms with van der Waals surface area (Å²) in [6.45, 7) is 1.73. The molecule has 2 heterocycles. The Morgan fingerprint density at radius 1 is 1.11 bits per heavy atom. The van der Waals surface area contributed by atoms with Gasteiger partial charge in [0.1, 0.15) is 6.04 Å². The predicted molar refractivity (Wildman–Crippen MR) is 100.0 cm³/mol. The molecule has 0 fully saturated rings. The van der Waals surface area contributed by atoms with E-state index in [0.29, 0.717) is 17.1 Å². The lowest BCUT2D eigenvalue weighted by atomic mass is 10.0. The molecule has 0 bridgehead atoms. The van der Waals surface area contributed by atoms with Gasteiger partial charge in [-0.05, 0) is 18.6 Å². The van der Waals surface area contributed by atoms with Crippen LogP contribution in [0.1, 0.15) is 21.7 Å². The highest BCUT2D eigenvalue weighted by Gasteiger charge is 2.28. The number of aryl methyl sites for hydroxylation is 1. The van der Waals surface area contributed by atoms with Crippen molar-refractivity contribution in [2.75, 3.05) is 0 Å². The zero-order chi connectivity index (χ0) is 20.1. The van der Waals surface area contributed by atoms with Crippen molar-refractivity contribution in [2.24, 2.45) is 5.73 Å². The number of Topliss-reactive ketones (excluding diaryl/α,β-unsaturated/α-hetero) is 1. The van der Waals surface area contributed by atoms with Gasteiger partial charge in [0.05, 0.1) is 5.56 Å². The van der Waals surface area contributed by atoms with Gasteiger partial charge in [-0.1, -0.05) is 30.3 Å². The molecule has 142 valence electrons. The molecule has 2 aromatic heterocycles. The minimum absolute atomic E-state index is 0.0269. The van der Waals surface area contributed by atoms with E-state index in [0.717, 1.165) is 5.56 Å². The number of H-pyrrole nitrogens is 1. The number of primary amides is 1. The fraction of sp³-hybridized carbons (Fsp3) is 0.158. The number of amides is 2. The van der Waals surface area contributed by atoms with E-state index in [1.807, 2.05) is 6.07 Å². The number of aromatic nitrogens is 4. The Kier molecular flexibility index (Phi) is 5.54. The fourth-order valence-corrected chi connectivity index (χ4v) is 2.75. The van der Waals surface area contributed by atoms with Crippen LogP contribution in [0.4, 0.5) is 0 Å². The van der Waals surface area contributed by atoms with Crippen molar-refractivity contribution in [3.63, 3.8) is 0 Å². The lowest BCUT2D eigenvalue weighted by molar-refractivity contribution is -0.137. The highest BCUT2D eigenvalue weighted by molar-refractivity contribution is 6.38. The number of aromatic amines is 1. The number of ketones is 1. The fourth-order valence-electron chi connectivity index (χ4n) is 2.75. The molecule has 3 rings (SSSR count). The van der Waals surface area contributed by atoms with Gasteiger partial charge in [-0.15, -0.1) is 0 Å². The lowest BCUT2D eigenvalue weighted by Gasteiger charge is -2.16. The second kappa shape index (κ2) is 8.21. The summed E-state index contributed by atoms with van der Waals surface area (Å²) in [4.78, 5) is 44.8. The second-order valence-corrected chi connectivity index (χ2v) is 6.09. The second-order valence-electron chi connectivity index (χ2n) is 6.09. The Hall–Kier alpha value is -3.88. The molecule has 9 nitrogen and oxygen atoms in total. The van der Waals surface area contributed by atoms with Crippen LogP contribution < -0.4 is 11.1 Å². The van der Waals surface area contributed by atoms with E-state index in [4.69, 9.17) is 5.73 Å². The van der Waals surface area contributed by atoms with Crippen LogP contribution in [0, 0.1) is 6.92 Å². The van der Waals surface area contributed by atoms with Crippen molar-refractivity contribution in [3.05, 3.63) is 65.7 Å². The Labute approximate surface area is 160 Å². The molecule has 0 spiro atoms. The molecular weight excluding hydrogens is 360 g/mol. The maximum Gasteiger partial charge on any atom is 0.287 e. The molecule has 0 aliphatic carbocycles. The zero-order valence-electron chi connectivity index (χ0n) is 15.0. The molecule has 1 unspecified atom stereocenters. The van der Waals surface area contributed by atoms with Crippen molar-refractivity contribution in [2.45, 2.75) is 19.4 Å². The average Bonchev–Trinajstić information content (AvgIpc) is 3.09. The van der Waals surface area contributed by atoms with Gasteiger partial charge in [-0.2, -0.15) is 5.10 Å². The van der Waals surface area contributed by atoms with Crippen molar-refractivity contribution in [1.82, 2.24) is 25.5 Å². The maximum absolute atomic E-state index is 12.8. The van der Waals surface area contributed by atoms with Gasteiger partial charge in [-0.3, -0.25) is 19.5 Å². The SMILES string of the molecule is Cc1[nH]nc(C(=O)NC(Cc2ccccc2)C(=O)C(N)=O)c1-c1ncccn1. The van der Waals surface area contributed by atoms with Crippen molar-refractivity contribution >= 4 is 17.6 Å². The summed E-state index contributed by atoms with van der Waals surface area (Å²) < 4.78 is 0. The molecule has 0 aliphatic heterocycles. The van der Waals surface area contributed by atoms with Gasteiger partial charge in [0.15, 0.2) is 11.5 Å². The van der Waals surface area contributed by atoms with Gasteiger partial charge in [0.25, 0.3) is 11.8 Å². The highest BCUT2D eigenvalue weighted by atomic mass is 16.2. The molecule has 9 heteroatoms. The summed E-state index contributed by atoms with van der Waals surface area (Å²) in [5.74, 6) is -2.32. The summed E-state index contributed by atoms with van der Waals surface area (Å²) in [6.07, 6.45) is 3.21. The average molecular weight is 378 g/mol. The summed E-state index contributed by atoms with van der Waals surface area (Å²) >= 11 is 0. The van der Waals surface area contributed by atoms with Crippen LogP contribution >= 0.6 is 0 Å². The molecule has 2 amide bonds. The molecule has 0 saturated carbocycles. The smallest absolute Gasteiger partial charge is 0.287 e. The number of carbonyl (C=O) groups excluding carboxylic acids is 3. The van der Waals surface area contributed by atoms with Gasteiger partial charge in [0, 0.05) is 24.5 Å². The molecule has 4 N–H and O–H groups in total.